The molecule has 24 heavy (non-hydrogen) atoms. The summed E-state index contributed by atoms with van der Waals surface area (Å²) in [5, 5.41) is 21.8. The van der Waals surface area contributed by atoms with Gasteiger partial charge in [-0.15, -0.1) is 0 Å². The number of hydrogen-bond donors (Lipinski definition) is 2. The van der Waals surface area contributed by atoms with Crippen molar-refractivity contribution < 1.29 is 5.11 Å². The summed E-state index contributed by atoms with van der Waals surface area (Å²) >= 11 is 18.0. The van der Waals surface area contributed by atoms with Gasteiger partial charge in [-0.1, -0.05) is 29.8 Å². The first-order valence-electron chi connectivity index (χ1n) is 6.62. The lowest BCUT2D eigenvalue weighted by Gasteiger charge is -2.05. The molecule has 3 rings (SSSR count). The molecule has 0 spiro atoms. The molecule has 0 unspecified atom stereocenters. The van der Waals surface area contributed by atoms with Gasteiger partial charge in [-0.25, -0.2) is 5.10 Å². The van der Waals surface area contributed by atoms with Crippen molar-refractivity contribution in [1.29, 1.82) is 0 Å². The second-order valence-electron chi connectivity index (χ2n) is 4.69. The van der Waals surface area contributed by atoms with E-state index < -0.39 is 0 Å². The van der Waals surface area contributed by atoms with Crippen molar-refractivity contribution in [3.8, 4) is 17.1 Å². The van der Waals surface area contributed by atoms with E-state index >= 15 is 0 Å². The van der Waals surface area contributed by atoms with E-state index in [1.54, 1.807) is 24.4 Å². The van der Waals surface area contributed by atoms with Crippen molar-refractivity contribution in [2.24, 2.45) is 5.10 Å². The third kappa shape index (κ3) is 3.32. The second-order valence-corrected chi connectivity index (χ2v) is 7.13. The highest BCUT2D eigenvalue weighted by Crippen LogP contribution is 2.34. The van der Waals surface area contributed by atoms with E-state index in [0.29, 0.717) is 35.7 Å². The number of aromatic hydroxyl groups is 1. The first-order valence-corrected chi connectivity index (χ1v) is 9.00. The number of aromatic amines is 1. The maximum Gasteiger partial charge on any atom is 0.216 e. The van der Waals surface area contributed by atoms with Gasteiger partial charge in [0.2, 0.25) is 4.77 Å². The topological polar surface area (TPSA) is 66.2 Å². The van der Waals surface area contributed by atoms with Crippen LogP contribution in [0.25, 0.3) is 11.4 Å². The first kappa shape index (κ1) is 17.3. The minimum atomic E-state index is 0.0982. The summed E-state index contributed by atoms with van der Waals surface area (Å²) in [5.74, 6) is 0.598. The fraction of sp³-hybridized carbons (Fsp3) is 0. The van der Waals surface area contributed by atoms with E-state index in [2.05, 4.69) is 47.2 Å². The first-order chi connectivity index (χ1) is 11.5. The zero-order valence-corrected chi connectivity index (χ0v) is 16.6. The van der Waals surface area contributed by atoms with E-state index in [4.69, 9.17) is 23.8 Å². The summed E-state index contributed by atoms with van der Waals surface area (Å²) in [6, 6.07) is 10.8. The lowest BCUT2D eigenvalue weighted by Crippen LogP contribution is -1.96. The molecule has 0 bridgehead atoms. The van der Waals surface area contributed by atoms with Crippen LogP contribution in [-0.4, -0.2) is 26.2 Å². The molecule has 3 aromatic rings. The second kappa shape index (κ2) is 7.18. The van der Waals surface area contributed by atoms with Gasteiger partial charge < -0.3 is 5.11 Å². The summed E-state index contributed by atoms with van der Waals surface area (Å²) in [6.07, 6.45) is 1.57. The van der Waals surface area contributed by atoms with Crippen LogP contribution >= 0.6 is 55.7 Å². The average Bonchev–Trinajstić information content (AvgIpc) is 2.93. The number of rotatable bonds is 3. The summed E-state index contributed by atoms with van der Waals surface area (Å²) < 4.78 is 2.92. The van der Waals surface area contributed by atoms with E-state index in [0.717, 1.165) is 0 Å². The maximum absolute atomic E-state index is 9.95. The zero-order valence-electron chi connectivity index (χ0n) is 11.9. The summed E-state index contributed by atoms with van der Waals surface area (Å²) in [7, 11) is 0. The molecular formula is C15H9Br2ClN4OS. The van der Waals surface area contributed by atoms with Gasteiger partial charge in [0, 0.05) is 11.1 Å². The van der Waals surface area contributed by atoms with Crippen molar-refractivity contribution in [2.45, 2.75) is 0 Å². The predicted octanol–water partition coefficient (Wildman–Crippen LogP) is 5.37. The van der Waals surface area contributed by atoms with Gasteiger partial charge in [0.1, 0.15) is 5.75 Å². The highest BCUT2D eigenvalue weighted by atomic mass is 79.9. The van der Waals surface area contributed by atoms with Crippen LogP contribution in [0.15, 0.2) is 50.4 Å². The molecular weight excluding hydrogens is 480 g/mol. The minimum absolute atomic E-state index is 0.0982. The van der Waals surface area contributed by atoms with E-state index in [1.165, 1.54) is 4.68 Å². The quantitative estimate of drug-likeness (QED) is 0.385. The van der Waals surface area contributed by atoms with Crippen LogP contribution in [0, 0.1) is 4.77 Å². The Balaban J connectivity index is 2.06. The highest BCUT2D eigenvalue weighted by molar-refractivity contribution is 9.11. The third-order valence-electron chi connectivity index (χ3n) is 3.17. The van der Waals surface area contributed by atoms with Crippen molar-refractivity contribution in [1.82, 2.24) is 14.9 Å². The molecule has 9 heteroatoms. The largest absolute Gasteiger partial charge is 0.506 e. The Kier molecular flexibility index (Phi) is 5.19. The van der Waals surface area contributed by atoms with Gasteiger partial charge in [0.05, 0.1) is 20.2 Å². The number of aromatic nitrogens is 3. The molecule has 0 aliphatic carbocycles. The van der Waals surface area contributed by atoms with Gasteiger partial charge in [-0.3, -0.25) is 0 Å². The normalized spacial score (nSPS) is 11.3. The standard InChI is InChI=1S/C15H9Br2ClN4OS/c16-10-6-5-8(12(17)13(10)23)7-19-22-14(20-21-15(22)24)9-3-1-2-4-11(9)18/h1-7,23H,(H,21,24)/b19-7-. The molecule has 1 heterocycles. The number of phenols is 1. The van der Waals surface area contributed by atoms with Crippen LogP contribution in [-0.2, 0) is 0 Å². The summed E-state index contributed by atoms with van der Waals surface area (Å²) in [6.45, 7) is 0. The SMILES string of the molecule is Oc1c(Br)ccc(/C=N\n2c(-c3ccccc3Cl)n[nH]c2=S)c1Br. The Bertz CT molecular complexity index is 999. The van der Waals surface area contributed by atoms with Crippen LogP contribution in [0.2, 0.25) is 5.02 Å². The lowest BCUT2D eigenvalue weighted by molar-refractivity contribution is 0.468. The predicted molar refractivity (Wildman–Crippen MR) is 104 cm³/mol. The number of nitrogens with one attached hydrogen (secondary N) is 1. The Morgan fingerprint density at radius 3 is 2.75 bits per heavy atom. The van der Waals surface area contributed by atoms with Gasteiger partial charge >= 0.3 is 0 Å². The Morgan fingerprint density at radius 2 is 2.00 bits per heavy atom. The molecule has 0 amide bonds. The van der Waals surface area contributed by atoms with Crippen molar-refractivity contribution in [3.05, 3.63) is 60.7 Å². The molecule has 2 aromatic carbocycles. The number of benzene rings is 2. The van der Waals surface area contributed by atoms with Crippen molar-refractivity contribution in [2.75, 3.05) is 0 Å². The average molecular weight is 489 g/mol. The highest BCUT2D eigenvalue weighted by Gasteiger charge is 2.12. The molecule has 5 nitrogen and oxygen atoms in total. The van der Waals surface area contributed by atoms with Crippen LogP contribution in [0.5, 0.6) is 5.75 Å². The molecule has 0 aliphatic heterocycles. The molecule has 0 fully saturated rings. The van der Waals surface area contributed by atoms with E-state index in [9.17, 15) is 5.11 Å². The summed E-state index contributed by atoms with van der Waals surface area (Å²) in [4.78, 5) is 0. The van der Waals surface area contributed by atoms with Gasteiger partial charge in [-0.05, 0) is 62.3 Å². The van der Waals surface area contributed by atoms with Crippen molar-refractivity contribution in [3.63, 3.8) is 0 Å². The molecule has 122 valence electrons. The van der Waals surface area contributed by atoms with Crippen LogP contribution in [0.3, 0.4) is 0 Å². The molecule has 1 aromatic heterocycles. The van der Waals surface area contributed by atoms with E-state index in [1.807, 2.05) is 18.2 Å². The molecule has 0 radical (unpaired) electrons. The monoisotopic (exact) mass is 486 g/mol. The molecule has 2 N–H and O–H groups in total. The Hall–Kier alpha value is -1.48. The fourth-order valence-corrected chi connectivity index (χ4v) is 3.44. The number of hydrogen-bond acceptors (Lipinski definition) is 4. The van der Waals surface area contributed by atoms with Gasteiger partial charge in [0.25, 0.3) is 0 Å². The van der Waals surface area contributed by atoms with Crippen molar-refractivity contribution >= 4 is 61.9 Å². The fourth-order valence-electron chi connectivity index (χ4n) is 1.99. The number of H-pyrrole nitrogens is 1. The number of nitrogens with zero attached hydrogens (tertiary/aromatic N) is 3. The smallest absolute Gasteiger partial charge is 0.216 e. The van der Waals surface area contributed by atoms with Gasteiger partial charge in [0.15, 0.2) is 5.82 Å². The van der Waals surface area contributed by atoms with Gasteiger partial charge in [-0.2, -0.15) is 14.9 Å². The van der Waals surface area contributed by atoms with Crippen LogP contribution in [0.1, 0.15) is 5.56 Å². The van der Waals surface area contributed by atoms with Crippen LogP contribution in [0.4, 0.5) is 0 Å². The lowest BCUT2D eigenvalue weighted by atomic mass is 10.2. The maximum atomic E-state index is 9.95. The third-order valence-corrected chi connectivity index (χ3v) is 5.24. The Morgan fingerprint density at radius 1 is 1.25 bits per heavy atom. The zero-order chi connectivity index (χ0) is 17.3. The number of halogens is 3. The minimum Gasteiger partial charge on any atom is -0.506 e. The molecule has 0 saturated carbocycles. The number of phenolic OH excluding ortho intramolecular Hbond substituents is 1. The Labute approximate surface area is 164 Å². The summed E-state index contributed by atoms with van der Waals surface area (Å²) in [5.41, 5.74) is 1.39. The van der Waals surface area contributed by atoms with E-state index in [-0.39, 0.29) is 5.75 Å². The molecule has 0 atom stereocenters. The molecule has 0 saturated heterocycles. The van der Waals surface area contributed by atoms with Crippen LogP contribution < -0.4 is 0 Å². The molecule has 0 aliphatic rings.